The molecule has 4 atom stereocenters. The minimum Gasteiger partial charge on any atom is -0.455 e. The zero-order chi connectivity index (χ0) is 18.0. The number of carbonyl (C=O) groups excluding carboxylic acids is 1. The highest BCUT2D eigenvalue weighted by Gasteiger charge is 2.64. The molecule has 2 aliphatic carbocycles. The van der Waals surface area contributed by atoms with E-state index < -0.39 is 33.2 Å². The fraction of sp³-hybridized carbons (Fsp3) is 0.500. The molecule has 0 bridgehead atoms. The molecule has 4 rings (SSSR count). The van der Waals surface area contributed by atoms with Crippen LogP contribution in [0.3, 0.4) is 0 Å². The van der Waals surface area contributed by atoms with Crippen LogP contribution in [0.5, 0.6) is 0 Å². The van der Waals surface area contributed by atoms with Gasteiger partial charge in [-0.2, -0.15) is 0 Å². The minimum absolute atomic E-state index is 0.178. The van der Waals surface area contributed by atoms with Crippen molar-refractivity contribution in [2.75, 3.05) is 0 Å². The van der Waals surface area contributed by atoms with E-state index in [2.05, 4.69) is 4.72 Å². The van der Waals surface area contributed by atoms with E-state index in [1.165, 1.54) is 0 Å². The Hall–Kier alpha value is -1.70. The largest absolute Gasteiger partial charge is 0.455 e. The SMILES string of the molecule is Cc1ccc(S(=O)(=O)N[C@]2(C)C=C3C(=O)O[C@@H]4CC[C@H](C2)[C@]34O)cc1. The first-order chi connectivity index (χ1) is 11.6. The van der Waals surface area contributed by atoms with Crippen molar-refractivity contribution >= 4 is 16.0 Å². The van der Waals surface area contributed by atoms with E-state index in [-0.39, 0.29) is 16.4 Å². The molecule has 2 fully saturated rings. The topological polar surface area (TPSA) is 92.7 Å². The van der Waals surface area contributed by atoms with Crippen molar-refractivity contribution < 1.29 is 23.1 Å². The molecule has 6 nitrogen and oxygen atoms in total. The van der Waals surface area contributed by atoms with Crippen LogP contribution in [0.2, 0.25) is 0 Å². The second-order valence-electron chi connectivity index (χ2n) is 7.59. The molecule has 2 N–H and O–H groups in total. The van der Waals surface area contributed by atoms with Crippen LogP contribution in [0.4, 0.5) is 0 Å². The molecule has 25 heavy (non-hydrogen) atoms. The molecule has 1 heterocycles. The van der Waals surface area contributed by atoms with Crippen LogP contribution >= 0.6 is 0 Å². The second-order valence-corrected chi connectivity index (χ2v) is 9.27. The van der Waals surface area contributed by atoms with E-state index in [0.29, 0.717) is 19.3 Å². The average molecular weight is 363 g/mol. The monoisotopic (exact) mass is 363 g/mol. The van der Waals surface area contributed by atoms with E-state index in [0.717, 1.165) is 5.56 Å². The number of hydrogen-bond donors (Lipinski definition) is 2. The van der Waals surface area contributed by atoms with Gasteiger partial charge in [-0.05, 0) is 51.2 Å². The number of sulfonamides is 1. The standard InChI is InChI=1S/C18H21NO5S/c1-11-3-6-13(7-4-11)25(22,23)19-17(2)9-12-5-8-15-18(12,21)14(10-17)16(20)24-15/h3-4,6-7,10,12,15,19,21H,5,8-9H2,1-2H3/t12-,15-,17+,18+/m1/s1. The highest BCUT2D eigenvalue weighted by Crippen LogP contribution is 2.53. The summed E-state index contributed by atoms with van der Waals surface area (Å²) in [5.74, 6) is -0.743. The van der Waals surface area contributed by atoms with Crippen molar-refractivity contribution in [1.29, 1.82) is 0 Å². The van der Waals surface area contributed by atoms with Crippen LogP contribution in [0.1, 0.15) is 31.7 Å². The summed E-state index contributed by atoms with van der Waals surface area (Å²) in [5.41, 5.74) is -1.05. The smallest absolute Gasteiger partial charge is 0.337 e. The molecule has 0 radical (unpaired) electrons. The number of rotatable bonds is 3. The lowest BCUT2D eigenvalue weighted by Crippen LogP contribution is -2.54. The number of esters is 1. The summed E-state index contributed by atoms with van der Waals surface area (Å²) < 4.78 is 33.5. The minimum atomic E-state index is -3.75. The molecule has 1 aromatic rings. The van der Waals surface area contributed by atoms with Crippen molar-refractivity contribution in [1.82, 2.24) is 4.72 Å². The lowest BCUT2D eigenvalue weighted by Gasteiger charge is -2.40. The maximum atomic E-state index is 12.8. The van der Waals surface area contributed by atoms with Crippen LogP contribution in [0.25, 0.3) is 0 Å². The van der Waals surface area contributed by atoms with Gasteiger partial charge in [0.2, 0.25) is 10.0 Å². The van der Waals surface area contributed by atoms with E-state index >= 15 is 0 Å². The normalized spacial score (nSPS) is 36.8. The highest BCUT2D eigenvalue weighted by molar-refractivity contribution is 7.89. The van der Waals surface area contributed by atoms with Crippen LogP contribution in [0, 0.1) is 12.8 Å². The average Bonchev–Trinajstić information content (AvgIpc) is 2.95. The number of aliphatic hydroxyl groups is 1. The summed E-state index contributed by atoms with van der Waals surface area (Å²) in [6.45, 7) is 3.63. The Kier molecular flexibility index (Phi) is 3.45. The quantitative estimate of drug-likeness (QED) is 0.793. The lowest BCUT2D eigenvalue weighted by molar-refractivity contribution is -0.140. The molecular weight excluding hydrogens is 342 g/mol. The van der Waals surface area contributed by atoms with Crippen molar-refractivity contribution in [2.45, 2.75) is 55.2 Å². The first-order valence-electron chi connectivity index (χ1n) is 8.41. The van der Waals surface area contributed by atoms with Crippen molar-refractivity contribution in [3.63, 3.8) is 0 Å². The van der Waals surface area contributed by atoms with Crippen LogP contribution in [0.15, 0.2) is 40.8 Å². The fourth-order valence-corrected chi connectivity index (χ4v) is 5.80. The van der Waals surface area contributed by atoms with Gasteiger partial charge in [0, 0.05) is 5.54 Å². The molecule has 0 spiro atoms. The van der Waals surface area contributed by atoms with Gasteiger partial charge in [-0.15, -0.1) is 0 Å². The second kappa shape index (κ2) is 5.16. The maximum Gasteiger partial charge on any atom is 0.337 e. The predicted octanol–water partition coefficient (Wildman–Crippen LogP) is 1.43. The zero-order valence-electron chi connectivity index (χ0n) is 14.2. The molecule has 1 aromatic carbocycles. The van der Waals surface area contributed by atoms with Gasteiger partial charge >= 0.3 is 5.97 Å². The van der Waals surface area contributed by atoms with Crippen molar-refractivity contribution in [3.05, 3.63) is 41.5 Å². The number of aryl methyl sites for hydroxylation is 1. The van der Waals surface area contributed by atoms with Gasteiger partial charge in [-0.25, -0.2) is 17.9 Å². The molecule has 1 saturated heterocycles. The Morgan fingerprint density at radius 1 is 1.24 bits per heavy atom. The number of nitrogens with one attached hydrogen (secondary N) is 1. The van der Waals surface area contributed by atoms with Gasteiger partial charge in [-0.1, -0.05) is 23.8 Å². The third-order valence-electron chi connectivity index (χ3n) is 5.62. The van der Waals surface area contributed by atoms with Gasteiger partial charge in [0.05, 0.1) is 10.5 Å². The molecule has 134 valence electrons. The maximum absolute atomic E-state index is 12.8. The van der Waals surface area contributed by atoms with Gasteiger partial charge in [-0.3, -0.25) is 0 Å². The Morgan fingerprint density at radius 3 is 2.60 bits per heavy atom. The number of carbonyl (C=O) groups is 1. The van der Waals surface area contributed by atoms with Gasteiger partial charge in [0.1, 0.15) is 11.7 Å². The molecule has 0 amide bonds. The van der Waals surface area contributed by atoms with Crippen LogP contribution in [-0.4, -0.2) is 36.7 Å². The Morgan fingerprint density at radius 2 is 1.92 bits per heavy atom. The van der Waals surface area contributed by atoms with Gasteiger partial charge in [0.15, 0.2) is 0 Å². The molecule has 1 saturated carbocycles. The summed E-state index contributed by atoms with van der Waals surface area (Å²) in [6, 6.07) is 6.60. The highest BCUT2D eigenvalue weighted by atomic mass is 32.2. The Labute approximate surface area is 146 Å². The van der Waals surface area contributed by atoms with E-state index in [1.807, 2.05) is 6.92 Å². The Bertz CT molecular complexity index is 875. The van der Waals surface area contributed by atoms with E-state index in [4.69, 9.17) is 4.74 Å². The predicted molar refractivity (Wildman–Crippen MR) is 90.2 cm³/mol. The van der Waals surface area contributed by atoms with E-state index in [1.54, 1.807) is 37.3 Å². The van der Waals surface area contributed by atoms with Crippen molar-refractivity contribution in [3.8, 4) is 0 Å². The third kappa shape index (κ3) is 2.45. The summed E-state index contributed by atoms with van der Waals surface area (Å²) in [7, 11) is -3.75. The number of hydrogen-bond acceptors (Lipinski definition) is 5. The fourth-order valence-electron chi connectivity index (χ4n) is 4.43. The summed E-state index contributed by atoms with van der Waals surface area (Å²) >= 11 is 0. The van der Waals surface area contributed by atoms with Gasteiger partial charge < -0.3 is 9.84 Å². The molecule has 0 aromatic heterocycles. The first-order valence-corrected chi connectivity index (χ1v) is 9.90. The van der Waals surface area contributed by atoms with Gasteiger partial charge in [0.25, 0.3) is 0 Å². The lowest BCUT2D eigenvalue weighted by atomic mass is 9.71. The molecule has 7 heteroatoms. The molecule has 3 aliphatic rings. The molecular formula is C18H21NO5S. The summed E-state index contributed by atoms with van der Waals surface area (Å²) in [4.78, 5) is 12.3. The Balaban J connectivity index is 1.70. The van der Waals surface area contributed by atoms with E-state index in [9.17, 15) is 18.3 Å². The molecule has 0 unspecified atom stereocenters. The van der Waals surface area contributed by atoms with Crippen molar-refractivity contribution in [2.24, 2.45) is 5.92 Å². The third-order valence-corrected chi connectivity index (χ3v) is 7.25. The first kappa shape index (κ1) is 16.8. The number of benzene rings is 1. The molecule has 1 aliphatic heterocycles. The summed E-state index contributed by atoms with van der Waals surface area (Å²) in [6.07, 6.45) is 2.77. The number of ether oxygens (including phenoxy) is 1. The summed E-state index contributed by atoms with van der Waals surface area (Å²) in [5, 5.41) is 11.0. The zero-order valence-corrected chi connectivity index (χ0v) is 15.0. The van der Waals surface area contributed by atoms with Crippen LogP contribution in [-0.2, 0) is 19.6 Å². The van der Waals surface area contributed by atoms with Crippen LogP contribution < -0.4 is 4.72 Å².